The normalized spacial score (nSPS) is 24.8. The summed E-state index contributed by atoms with van der Waals surface area (Å²) in [6, 6.07) is 0. The van der Waals surface area contributed by atoms with Crippen molar-refractivity contribution in [3.63, 3.8) is 0 Å². The number of nitrogens with zero attached hydrogens (tertiary/aromatic N) is 1. The monoisotopic (exact) mass is 199 g/mol. The van der Waals surface area contributed by atoms with Gasteiger partial charge in [0.1, 0.15) is 0 Å². The van der Waals surface area contributed by atoms with Crippen molar-refractivity contribution in [2.75, 3.05) is 19.8 Å². The lowest BCUT2D eigenvalue weighted by molar-refractivity contribution is -0.143. The van der Waals surface area contributed by atoms with Gasteiger partial charge in [-0.05, 0) is 12.8 Å². The van der Waals surface area contributed by atoms with Gasteiger partial charge in [0.25, 0.3) is 0 Å². The Morgan fingerprint density at radius 3 is 2.43 bits per heavy atom. The second-order valence-corrected chi connectivity index (χ2v) is 4.60. The molecule has 1 aliphatic carbocycles. The molecule has 1 saturated carbocycles. The molecule has 0 aromatic heterocycles. The van der Waals surface area contributed by atoms with Crippen LogP contribution in [0.5, 0.6) is 0 Å². The lowest BCUT2D eigenvalue weighted by Crippen LogP contribution is -2.53. The first-order valence-electron chi connectivity index (χ1n) is 5.66. The van der Waals surface area contributed by atoms with Crippen LogP contribution < -0.4 is 0 Å². The van der Waals surface area contributed by atoms with Crippen LogP contribution in [0.4, 0.5) is 4.39 Å². The molecule has 14 heavy (non-hydrogen) atoms. The fraction of sp³-hybridized carbons (Fsp3) is 0.909. The predicted octanol–water partition coefficient (Wildman–Crippen LogP) is 1.99. The number of hydrogen-bond acceptors (Lipinski definition) is 1. The molecule has 0 atom stereocenters. The van der Waals surface area contributed by atoms with E-state index < -0.39 is 0 Å². The van der Waals surface area contributed by atoms with Crippen molar-refractivity contribution in [1.29, 1.82) is 0 Å². The van der Waals surface area contributed by atoms with Gasteiger partial charge in [-0.15, -0.1) is 0 Å². The van der Waals surface area contributed by atoms with E-state index in [1.807, 2.05) is 4.90 Å². The third-order valence-electron chi connectivity index (χ3n) is 3.44. The van der Waals surface area contributed by atoms with Gasteiger partial charge in [0.05, 0.1) is 6.67 Å². The SMILES string of the molecule is O=C(C1CCCCC1)N1CC(CF)C1. The van der Waals surface area contributed by atoms with Crippen LogP contribution >= 0.6 is 0 Å². The number of amides is 1. The van der Waals surface area contributed by atoms with E-state index >= 15 is 0 Å². The molecule has 2 fully saturated rings. The Hall–Kier alpha value is -0.600. The molecular formula is C11H18FNO. The highest BCUT2D eigenvalue weighted by Crippen LogP contribution is 2.28. The molecule has 80 valence electrons. The van der Waals surface area contributed by atoms with E-state index in [1.165, 1.54) is 19.3 Å². The van der Waals surface area contributed by atoms with Gasteiger partial charge in [-0.2, -0.15) is 0 Å². The number of carbonyl (C=O) groups excluding carboxylic acids is 1. The molecule has 0 aromatic carbocycles. The Bertz CT molecular complexity index is 207. The minimum atomic E-state index is -0.269. The standard InChI is InChI=1S/C11H18FNO/c12-6-9-7-13(8-9)11(14)10-4-2-1-3-5-10/h9-10H,1-8H2. The zero-order valence-corrected chi connectivity index (χ0v) is 8.54. The summed E-state index contributed by atoms with van der Waals surface area (Å²) in [6.07, 6.45) is 5.76. The molecule has 0 aromatic rings. The summed E-state index contributed by atoms with van der Waals surface area (Å²) >= 11 is 0. The van der Waals surface area contributed by atoms with Crippen LogP contribution in [0.1, 0.15) is 32.1 Å². The van der Waals surface area contributed by atoms with E-state index in [0.29, 0.717) is 13.1 Å². The molecule has 1 saturated heterocycles. The van der Waals surface area contributed by atoms with Crippen LogP contribution in [0.15, 0.2) is 0 Å². The van der Waals surface area contributed by atoms with Crippen molar-refractivity contribution >= 4 is 5.91 Å². The van der Waals surface area contributed by atoms with E-state index in [-0.39, 0.29) is 24.4 Å². The topological polar surface area (TPSA) is 20.3 Å². The first kappa shape index (κ1) is 9.94. The third-order valence-corrected chi connectivity index (χ3v) is 3.44. The molecule has 0 bridgehead atoms. The average molecular weight is 199 g/mol. The summed E-state index contributed by atoms with van der Waals surface area (Å²) in [5, 5.41) is 0. The minimum absolute atomic E-state index is 0.127. The summed E-state index contributed by atoms with van der Waals surface area (Å²) < 4.78 is 12.2. The Balaban J connectivity index is 1.78. The highest BCUT2D eigenvalue weighted by atomic mass is 19.1. The Labute approximate surface area is 84.5 Å². The molecule has 0 unspecified atom stereocenters. The van der Waals surface area contributed by atoms with Crippen molar-refractivity contribution in [3.05, 3.63) is 0 Å². The Morgan fingerprint density at radius 2 is 1.86 bits per heavy atom. The highest BCUT2D eigenvalue weighted by Gasteiger charge is 2.34. The largest absolute Gasteiger partial charge is 0.342 e. The maximum atomic E-state index is 12.2. The molecule has 2 aliphatic rings. The maximum absolute atomic E-state index is 12.2. The van der Waals surface area contributed by atoms with Crippen molar-refractivity contribution < 1.29 is 9.18 Å². The van der Waals surface area contributed by atoms with E-state index in [9.17, 15) is 9.18 Å². The third kappa shape index (κ3) is 1.91. The quantitative estimate of drug-likeness (QED) is 0.666. The van der Waals surface area contributed by atoms with Crippen LogP contribution in [-0.4, -0.2) is 30.6 Å². The molecular weight excluding hydrogens is 181 g/mol. The zero-order valence-electron chi connectivity index (χ0n) is 8.54. The van der Waals surface area contributed by atoms with Crippen molar-refractivity contribution in [1.82, 2.24) is 4.90 Å². The molecule has 0 spiro atoms. The first-order valence-corrected chi connectivity index (χ1v) is 5.66. The van der Waals surface area contributed by atoms with E-state index in [1.54, 1.807) is 0 Å². The maximum Gasteiger partial charge on any atom is 0.225 e. The number of carbonyl (C=O) groups is 1. The molecule has 0 N–H and O–H groups in total. The minimum Gasteiger partial charge on any atom is -0.342 e. The van der Waals surface area contributed by atoms with Gasteiger partial charge in [-0.25, -0.2) is 0 Å². The number of rotatable bonds is 2. The molecule has 0 radical (unpaired) electrons. The lowest BCUT2D eigenvalue weighted by atomic mass is 9.87. The summed E-state index contributed by atoms with van der Waals surface area (Å²) in [6.45, 7) is 1.05. The summed E-state index contributed by atoms with van der Waals surface area (Å²) in [5.74, 6) is 0.668. The van der Waals surface area contributed by atoms with Gasteiger partial charge in [-0.1, -0.05) is 19.3 Å². The van der Waals surface area contributed by atoms with E-state index in [0.717, 1.165) is 12.8 Å². The zero-order chi connectivity index (χ0) is 9.97. The first-order chi connectivity index (χ1) is 6.81. The molecule has 2 rings (SSSR count). The average Bonchev–Trinajstić information content (AvgIpc) is 2.17. The van der Waals surface area contributed by atoms with Gasteiger partial charge in [0.2, 0.25) is 5.91 Å². The van der Waals surface area contributed by atoms with Crippen LogP contribution in [-0.2, 0) is 4.79 Å². The molecule has 1 heterocycles. The number of hydrogen-bond donors (Lipinski definition) is 0. The van der Waals surface area contributed by atoms with Crippen molar-refractivity contribution in [2.24, 2.45) is 11.8 Å². The fourth-order valence-corrected chi connectivity index (χ4v) is 2.46. The van der Waals surface area contributed by atoms with E-state index in [2.05, 4.69) is 0 Å². The number of likely N-dealkylation sites (tertiary alicyclic amines) is 1. The lowest BCUT2D eigenvalue weighted by Gasteiger charge is -2.40. The molecule has 3 heteroatoms. The van der Waals surface area contributed by atoms with E-state index in [4.69, 9.17) is 0 Å². The number of halogens is 1. The van der Waals surface area contributed by atoms with Gasteiger partial charge in [-0.3, -0.25) is 9.18 Å². The van der Waals surface area contributed by atoms with Crippen LogP contribution in [0.25, 0.3) is 0 Å². The van der Waals surface area contributed by atoms with Crippen LogP contribution in [0.2, 0.25) is 0 Å². The van der Waals surface area contributed by atoms with Gasteiger partial charge in [0, 0.05) is 24.9 Å². The highest BCUT2D eigenvalue weighted by molar-refractivity contribution is 5.79. The fourth-order valence-electron chi connectivity index (χ4n) is 2.46. The molecule has 1 amide bonds. The van der Waals surface area contributed by atoms with Crippen LogP contribution in [0.3, 0.4) is 0 Å². The van der Waals surface area contributed by atoms with Crippen molar-refractivity contribution in [2.45, 2.75) is 32.1 Å². The Kier molecular flexibility index (Phi) is 3.04. The van der Waals surface area contributed by atoms with Gasteiger partial charge in [0.15, 0.2) is 0 Å². The summed E-state index contributed by atoms with van der Waals surface area (Å²) in [4.78, 5) is 13.7. The van der Waals surface area contributed by atoms with Crippen molar-refractivity contribution in [3.8, 4) is 0 Å². The van der Waals surface area contributed by atoms with Gasteiger partial charge < -0.3 is 4.90 Å². The smallest absolute Gasteiger partial charge is 0.225 e. The van der Waals surface area contributed by atoms with Crippen LogP contribution in [0, 0.1) is 11.8 Å². The number of alkyl halides is 1. The second-order valence-electron chi connectivity index (χ2n) is 4.60. The second kappa shape index (κ2) is 4.28. The molecule has 2 nitrogen and oxygen atoms in total. The summed E-state index contributed by atoms with van der Waals surface area (Å²) in [5.41, 5.74) is 0. The molecule has 1 aliphatic heterocycles. The van der Waals surface area contributed by atoms with Gasteiger partial charge >= 0.3 is 0 Å². The predicted molar refractivity (Wildman–Crippen MR) is 52.6 cm³/mol. The summed E-state index contributed by atoms with van der Waals surface area (Å²) in [7, 11) is 0. The Morgan fingerprint density at radius 1 is 1.21 bits per heavy atom.